The van der Waals surface area contributed by atoms with Crippen LogP contribution in [0.3, 0.4) is 0 Å². The van der Waals surface area contributed by atoms with Gasteiger partial charge in [-0.15, -0.1) is 0 Å². The fraction of sp³-hybridized carbons (Fsp3) is 0.500. The third-order valence-electron chi connectivity index (χ3n) is 2.85. The maximum atomic E-state index is 6.09. The Morgan fingerprint density at radius 1 is 1.38 bits per heavy atom. The molecule has 1 fully saturated rings. The van der Waals surface area contributed by atoms with Gasteiger partial charge in [-0.2, -0.15) is 0 Å². The van der Waals surface area contributed by atoms with E-state index in [1.54, 1.807) is 0 Å². The number of rotatable bonds is 2. The van der Waals surface area contributed by atoms with E-state index in [0.29, 0.717) is 11.1 Å². The van der Waals surface area contributed by atoms with Crippen molar-refractivity contribution < 1.29 is 4.74 Å². The lowest BCUT2D eigenvalue weighted by Crippen LogP contribution is -2.35. The highest BCUT2D eigenvalue weighted by molar-refractivity contribution is 9.10. The maximum Gasteiger partial charge on any atom is 0.139 e. The Kier molecular flexibility index (Phi) is 4.11. The topological polar surface area (TPSA) is 12.5 Å². The van der Waals surface area contributed by atoms with Crippen molar-refractivity contribution in [2.45, 2.75) is 18.9 Å². The number of benzene rings is 1. The zero-order valence-electron chi connectivity index (χ0n) is 9.25. The van der Waals surface area contributed by atoms with Crippen LogP contribution >= 0.6 is 27.5 Å². The molecule has 1 heterocycles. The van der Waals surface area contributed by atoms with Crippen molar-refractivity contribution in [2.75, 3.05) is 20.1 Å². The Hall–Kier alpha value is -0.250. The lowest BCUT2D eigenvalue weighted by molar-refractivity contribution is 0.114. The fourth-order valence-corrected chi connectivity index (χ4v) is 2.35. The van der Waals surface area contributed by atoms with E-state index in [0.717, 1.165) is 36.2 Å². The van der Waals surface area contributed by atoms with Gasteiger partial charge in [0.05, 0.1) is 5.02 Å². The summed E-state index contributed by atoms with van der Waals surface area (Å²) in [7, 11) is 2.14. The van der Waals surface area contributed by atoms with E-state index in [4.69, 9.17) is 16.3 Å². The van der Waals surface area contributed by atoms with Gasteiger partial charge in [0.15, 0.2) is 0 Å². The summed E-state index contributed by atoms with van der Waals surface area (Å²) in [6.45, 7) is 2.19. The molecular formula is C12H15BrClNO. The van der Waals surface area contributed by atoms with E-state index >= 15 is 0 Å². The molecule has 0 aromatic heterocycles. The Morgan fingerprint density at radius 2 is 2.06 bits per heavy atom. The van der Waals surface area contributed by atoms with Crippen molar-refractivity contribution in [1.82, 2.24) is 4.90 Å². The molecule has 0 radical (unpaired) electrons. The Labute approximate surface area is 110 Å². The summed E-state index contributed by atoms with van der Waals surface area (Å²) in [5.74, 6) is 0.783. The van der Waals surface area contributed by atoms with Gasteiger partial charge in [0.2, 0.25) is 0 Å². The molecule has 1 aliphatic heterocycles. The van der Waals surface area contributed by atoms with Crippen LogP contribution in [0.5, 0.6) is 5.75 Å². The number of halogens is 2. The Balaban J connectivity index is 2.00. The highest BCUT2D eigenvalue weighted by Crippen LogP contribution is 2.30. The van der Waals surface area contributed by atoms with Crippen LogP contribution in [0.4, 0.5) is 0 Å². The molecule has 4 heteroatoms. The molecule has 1 aromatic rings. The smallest absolute Gasteiger partial charge is 0.139 e. The predicted octanol–water partition coefficient (Wildman–Crippen LogP) is 3.58. The number of likely N-dealkylation sites (tertiary alicyclic amines) is 1. The molecular weight excluding hydrogens is 289 g/mol. The van der Waals surface area contributed by atoms with E-state index in [9.17, 15) is 0 Å². The van der Waals surface area contributed by atoms with Gasteiger partial charge in [0.1, 0.15) is 11.9 Å². The summed E-state index contributed by atoms with van der Waals surface area (Å²) >= 11 is 9.51. The minimum absolute atomic E-state index is 0.294. The highest BCUT2D eigenvalue weighted by Gasteiger charge is 2.18. The maximum absolute atomic E-state index is 6.09. The molecule has 1 aromatic carbocycles. The second-order valence-corrected chi connectivity index (χ2v) is 5.52. The van der Waals surface area contributed by atoms with Gasteiger partial charge in [0, 0.05) is 17.6 Å². The summed E-state index contributed by atoms with van der Waals surface area (Å²) in [6.07, 6.45) is 2.43. The highest BCUT2D eigenvalue weighted by atomic mass is 79.9. The van der Waals surface area contributed by atoms with Gasteiger partial charge < -0.3 is 9.64 Å². The molecule has 0 unspecified atom stereocenters. The van der Waals surface area contributed by atoms with Crippen LogP contribution in [0.2, 0.25) is 5.02 Å². The first kappa shape index (κ1) is 12.2. The van der Waals surface area contributed by atoms with Crippen molar-refractivity contribution in [3.05, 3.63) is 27.7 Å². The largest absolute Gasteiger partial charge is 0.489 e. The molecule has 1 aliphatic rings. The molecule has 1 saturated heterocycles. The zero-order valence-corrected chi connectivity index (χ0v) is 11.6. The fourth-order valence-electron chi connectivity index (χ4n) is 1.85. The molecule has 2 nitrogen and oxygen atoms in total. The monoisotopic (exact) mass is 303 g/mol. The minimum Gasteiger partial charge on any atom is -0.489 e. The second-order valence-electron chi connectivity index (χ2n) is 4.20. The number of hydrogen-bond acceptors (Lipinski definition) is 2. The first-order valence-corrected chi connectivity index (χ1v) is 6.62. The molecule has 0 bridgehead atoms. The SMILES string of the molecule is CN1CCC(Oc2cc(Br)ccc2Cl)CC1. The summed E-state index contributed by atoms with van der Waals surface area (Å²) in [4.78, 5) is 2.32. The van der Waals surface area contributed by atoms with Gasteiger partial charge in [-0.05, 0) is 38.1 Å². The normalized spacial score (nSPS) is 18.7. The van der Waals surface area contributed by atoms with Gasteiger partial charge in [-0.3, -0.25) is 0 Å². The van der Waals surface area contributed by atoms with Crippen LogP contribution in [-0.4, -0.2) is 31.1 Å². The van der Waals surface area contributed by atoms with Crippen LogP contribution < -0.4 is 4.74 Å². The van der Waals surface area contributed by atoms with Crippen molar-refractivity contribution in [2.24, 2.45) is 0 Å². The van der Waals surface area contributed by atoms with Crippen molar-refractivity contribution in [3.8, 4) is 5.75 Å². The van der Waals surface area contributed by atoms with Crippen molar-refractivity contribution >= 4 is 27.5 Å². The van der Waals surface area contributed by atoms with E-state index in [-0.39, 0.29) is 0 Å². The van der Waals surface area contributed by atoms with E-state index in [2.05, 4.69) is 27.9 Å². The van der Waals surface area contributed by atoms with E-state index in [1.807, 2.05) is 18.2 Å². The molecule has 0 saturated carbocycles. The molecule has 0 N–H and O–H groups in total. The third-order valence-corrected chi connectivity index (χ3v) is 3.66. The number of piperidine rings is 1. The summed E-state index contributed by atoms with van der Waals surface area (Å²) in [5, 5.41) is 0.683. The van der Waals surface area contributed by atoms with E-state index < -0.39 is 0 Å². The molecule has 0 aliphatic carbocycles. The van der Waals surface area contributed by atoms with Crippen LogP contribution in [0, 0.1) is 0 Å². The molecule has 0 spiro atoms. The molecule has 2 rings (SSSR count). The van der Waals surface area contributed by atoms with Gasteiger partial charge in [0.25, 0.3) is 0 Å². The second kappa shape index (κ2) is 5.39. The summed E-state index contributed by atoms with van der Waals surface area (Å²) in [5.41, 5.74) is 0. The first-order valence-electron chi connectivity index (χ1n) is 5.45. The van der Waals surface area contributed by atoms with Gasteiger partial charge in [-0.25, -0.2) is 0 Å². The first-order chi connectivity index (χ1) is 7.65. The van der Waals surface area contributed by atoms with Gasteiger partial charge >= 0.3 is 0 Å². The zero-order chi connectivity index (χ0) is 11.5. The summed E-state index contributed by atoms with van der Waals surface area (Å²) in [6, 6.07) is 5.71. The standard InChI is InChI=1S/C12H15BrClNO/c1-15-6-4-10(5-7-15)16-12-8-9(13)2-3-11(12)14/h2-3,8,10H,4-7H2,1H3. The molecule has 16 heavy (non-hydrogen) atoms. The van der Waals surface area contributed by atoms with Crippen molar-refractivity contribution in [3.63, 3.8) is 0 Å². The number of hydrogen-bond donors (Lipinski definition) is 0. The Bertz CT molecular complexity index is 364. The van der Waals surface area contributed by atoms with Crippen LogP contribution in [0.25, 0.3) is 0 Å². The molecule has 0 amide bonds. The third kappa shape index (κ3) is 3.12. The lowest BCUT2D eigenvalue weighted by Gasteiger charge is -2.29. The number of ether oxygens (including phenoxy) is 1. The van der Waals surface area contributed by atoms with Crippen LogP contribution in [-0.2, 0) is 0 Å². The average Bonchev–Trinajstić information content (AvgIpc) is 2.27. The van der Waals surface area contributed by atoms with Crippen LogP contribution in [0.1, 0.15) is 12.8 Å². The quantitative estimate of drug-likeness (QED) is 0.828. The van der Waals surface area contributed by atoms with Gasteiger partial charge in [-0.1, -0.05) is 27.5 Å². The van der Waals surface area contributed by atoms with E-state index in [1.165, 1.54) is 0 Å². The van der Waals surface area contributed by atoms with Crippen LogP contribution in [0.15, 0.2) is 22.7 Å². The minimum atomic E-state index is 0.294. The molecule has 88 valence electrons. The average molecular weight is 305 g/mol. The lowest BCUT2D eigenvalue weighted by atomic mass is 10.1. The summed E-state index contributed by atoms with van der Waals surface area (Å²) < 4.78 is 6.93. The van der Waals surface area contributed by atoms with Crippen molar-refractivity contribution in [1.29, 1.82) is 0 Å². The molecule has 0 atom stereocenters. The predicted molar refractivity (Wildman–Crippen MR) is 70.3 cm³/mol. The Morgan fingerprint density at radius 3 is 2.75 bits per heavy atom. The number of nitrogens with zero attached hydrogens (tertiary/aromatic N) is 1.